The molecule has 0 aliphatic carbocycles. The molecule has 0 aliphatic rings. The highest BCUT2D eigenvalue weighted by Crippen LogP contribution is 1.98. The lowest BCUT2D eigenvalue weighted by atomic mass is 10.2. The van der Waals surface area contributed by atoms with E-state index in [0.717, 1.165) is 6.54 Å². The zero-order valence-electron chi connectivity index (χ0n) is 9.47. The highest BCUT2D eigenvalue weighted by atomic mass is 35.5. The Morgan fingerprint density at radius 2 is 1.93 bits per heavy atom. The van der Waals surface area contributed by atoms with Gasteiger partial charge >= 0.3 is 5.97 Å². The van der Waals surface area contributed by atoms with Crippen LogP contribution in [0.1, 0.15) is 13.3 Å². The normalized spacial score (nSPS) is 9.00. The molecule has 0 aromatic rings. The fourth-order valence-corrected chi connectivity index (χ4v) is 0.567. The summed E-state index contributed by atoms with van der Waals surface area (Å²) in [7, 11) is 3.87. The number of alkyl halides is 1. The van der Waals surface area contributed by atoms with E-state index >= 15 is 0 Å². The second-order valence-corrected chi connectivity index (χ2v) is 2.90. The Balaban J connectivity index is 0. The molecule has 0 heterocycles. The number of esters is 1. The number of nitrogens with zero attached hydrogens (tertiary/aromatic N) is 1. The first-order valence-corrected chi connectivity index (χ1v) is 5.21. The molecule has 0 atom stereocenters. The van der Waals surface area contributed by atoms with Crippen LogP contribution >= 0.6 is 11.6 Å². The second-order valence-electron chi connectivity index (χ2n) is 2.90. The van der Waals surface area contributed by atoms with E-state index in [2.05, 4.69) is 18.2 Å². The fourth-order valence-electron chi connectivity index (χ4n) is 0.567. The third kappa shape index (κ3) is 9.55. The van der Waals surface area contributed by atoms with Gasteiger partial charge in [0, 0.05) is 18.5 Å². The Morgan fingerprint density at radius 1 is 1.43 bits per heavy atom. The van der Waals surface area contributed by atoms with E-state index in [1.165, 1.54) is 6.38 Å². The maximum atomic E-state index is 11.0. The number of carbonyl (C=O) groups is 1. The SMILES string of the molecule is C=C(CC)C(=O)OCCN(C)C.CCl. The number of ether oxygens (including phenoxy) is 1. The van der Waals surface area contributed by atoms with Crippen LogP contribution in [0.5, 0.6) is 0 Å². The molecule has 0 aromatic carbocycles. The summed E-state index contributed by atoms with van der Waals surface area (Å²) < 4.78 is 4.93. The quantitative estimate of drug-likeness (QED) is 0.404. The Hall–Kier alpha value is -0.540. The van der Waals surface area contributed by atoms with E-state index in [-0.39, 0.29) is 5.97 Å². The summed E-state index contributed by atoms with van der Waals surface area (Å²) in [4.78, 5) is 13.0. The first-order valence-electron chi connectivity index (χ1n) is 4.45. The van der Waals surface area contributed by atoms with Crippen LogP contribution in [-0.2, 0) is 9.53 Å². The maximum Gasteiger partial charge on any atom is 0.333 e. The molecule has 0 unspecified atom stereocenters. The summed E-state index contributed by atoms with van der Waals surface area (Å²) in [6.45, 7) is 6.66. The molecule has 0 N–H and O–H groups in total. The lowest BCUT2D eigenvalue weighted by molar-refractivity contribution is -0.139. The molecule has 0 radical (unpaired) electrons. The van der Waals surface area contributed by atoms with Gasteiger partial charge in [0.05, 0.1) is 0 Å². The van der Waals surface area contributed by atoms with E-state index in [1.807, 2.05) is 25.9 Å². The minimum Gasteiger partial charge on any atom is -0.461 e. The number of halogens is 1. The minimum absolute atomic E-state index is 0.278. The van der Waals surface area contributed by atoms with Crippen LogP contribution in [0.4, 0.5) is 0 Å². The first-order chi connectivity index (χ1) is 6.57. The molecule has 0 aliphatic heterocycles. The number of hydrogen-bond donors (Lipinski definition) is 0. The van der Waals surface area contributed by atoms with Crippen LogP contribution in [0.3, 0.4) is 0 Å². The van der Waals surface area contributed by atoms with Crippen LogP contribution in [0, 0.1) is 0 Å². The molecule has 0 fully saturated rings. The minimum atomic E-state index is -0.278. The average molecular weight is 222 g/mol. The van der Waals surface area contributed by atoms with Gasteiger partial charge in [0.25, 0.3) is 0 Å². The van der Waals surface area contributed by atoms with Crippen LogP contribution < -0.4 is 0 Å². The van der Waals surface area contributed by atoms with Gasteiger partial charge in [0.15, 0.2) is 0 Å². The maximum absolute atomic E-state index is 11.0. The van der Waals surface area contributed by atoms with Crippen LogP contribution in [0.15, 0.2) is 12.2 Å². The van der Waals surface area contributed by atoms with Crippen LogP contribution in [0.2, 0.25) is 0 Å². The number of hydrogen-bond acceptors (Lipinski definition) is 3. The average Bonchev–Trinajstić information content (AvgIpc) is 2.19. The molecule has 4 heteroatoms. The third-order valence-corrected chi connectivity index (χ3v) is 1.49. The van der Waals surface area contributed by atoms with Gasteiger partial charge in [-0.3, -0.25) is 0 Å². The van der Waals surface area contributed by atoms with Gasteiger partial charge in [-0.15, -0.1) is 11.6 Å². The fraction of sp³-hybridized carbons (Fsp3) is 0.700. The molecule has 14 heavy (non-hydrogen) atoms. The van der Waals surface area contributed by atoms with Crippen molar-refractivity contribution in [2.45, 2.75) is 13.3 Å². The van der Waals surface area contributed by atoms with Crippen molar-refractivity contribution < 1.29 is 9.53 Å². The molecule has 0 aromatic heterocycles. The van der Waals surface area contributed by atoms with Gasteiger partial charge in [0.2, 0.25) is 0 Å². The van der Waals surface area contributed by atoms with E-state index in [0.29, 0.717) is 18.6 Å². The Bertz CT molecular complexity index is 170. The smallest absolute Gasteiger partial charge is 0.333 e. The largest absolute Gasteiger partial charge is 0.461 e. The summed E-state index contributed by atoms with van der Waals surface area (Å²) in [6, 6.07) is 0. The standard InChI is InChI=1S/C9H17NO2.CH3Cl/c1-5-8(2)9(11)12-7-6-10(3)4;1-2/h2,5-7H2,1,3-4H3;1H3. The van der Waals surface area contributed by atoms with Crippen molar-refractivity contribution in [3.63, 3.8) is 0 Å². The van der Waals surface area contributed by atoms with Gasteiger partial charge < -0.3 is 9.64 Å². The summed E-state index contributed by atoms with van der Waals surface area (Å²) in [5.41, 5.74) is 0.536. The Morgan fingerprint density at radius 3 is 2.29 bits per heavy atom. The summed E-state index contributed by atoms with van der Waals surface area (Å²) >= 11 is 4.64. The molecular weight excluding hydrogens is 202 g/mol. The van der Waals surface area contributed by atoms with Gasteiger partial charge in [-0.05, 0) is 20.5 Å². The highest BCUT2D eigenvalue weighted by molar-refractivity contribution is 6.15. The monoisotopic (exact) mass is 221 g/mol. The predicted molar refractivity (Wildman–Crippen MR) is 60.7 cm³/mol. The van der Waals surface area contributed by atoms with Crippen molar-refractivity contribution in [2.75, 3.05) is 33.6 Å². The van der Waals surface area contributed by atoms with Crippen molar-refractivity contribution in [3.05, 3.63) is 12.2 Å². The van der Waals surface area contributed by atoms with Crippen molar-refractivity contribution in [1.29, 1.82) is 0 Å². The van der Waals surface area contributed by atoms with Crippen LogP contribution in [0.25, 0.3) is 0 Å². The topological polar surface area (TPSA) is 29.5 Å². The lowest BCUT2D eigenvalue weighted by Crippen LogP contribution is -2.20. The van der Waals surface area contributed by atoms with E-state index in [1.54, 1.807) is 0 Å². The zero-order valence-corrected chi connectivity index (χ0v) is 10.2. The van der Waals surface area contributed by atoms with Gasteiger partial charge in [-0.1, -0.05) is 13.5 Å². The highest BCUT2D eigenvalue weighted by Gasteiger charge is 2.04. The van der Waals surface area contributed by atoms with Gasteiger partial charge in [-0.2, -0.15) is 0 Å². The molecule has 0 saturated heterocycles. The molecule has 0 spiro atoms. The third-order valence-electron chi connectivity index (χ3n) is 1.49. The lowest BCUT2D eigenvalue weighted by Gasteiger charge is -2.09. The predicted octanol–water partition coefficient (Wildman–Crippen LogP) is 1.91. The number of carbonyl (C=O) groups excluding carboxylic acids is 1. The number of rotatable bonds is 5. The van der Waals surface area contributed by atoms with Crippen molar-refractivity contribution in [3.8, 4) is 0 Å². The Kier molecular flexibility index (Phi) is 12.0. The van der Waals surface area contributed by atoms with Gasteiger partial charge in [0.1, 0.15) is 6.61 Å². The molecule has 3 nitrogen and oxygen atoms in total. The summed E-state index contributed by atoms with van der Waals surface area (Å²) in [5.74, 6) is -0.278. The molecule has 0 amide bonds. The van der Waals surface area contributed by atoms with Crippen LogP contribution in [-0.4, -0.2) is 44.5 Å². The molecular formula is C10H20ClNO2. The Labute approximate surface area is 91.7 Å². The number of likely N-dealkylation sites (N-methyl/N-ethyl adjacent to an activating group) is 1. The molecule has 0 rings (SSSR count). The van der Waals surface area contributed by atoms with Gasteiger partial charge in [-0.25, -0.2) is 4.79 Å². The molecule has 84 valence electrons. The molecule has 0 bridgehead atoms. The van der Waals surface area contributed by atoms with E-state index < -0.39 is 0 Å². The van der Waals surface area contributed by atoms with E-state index in [9.17, 15) is 4.79 Å². The molecule has 0 saturated carbocycles. The second kappa shape index (κ2) is 10.5. The summed E-state index contributed by atoms with van der Waals surface area (Å²) in [6.07, 6.45) is 2.13. The summed E-state index contributed by atoms with van der Waals surface area (Å²) in [5, 5.41) is 0. The van der Waals surface area contributed by atoms with Crippen molar-refractivity contribution >= 4 is 17.6 Å². The first kappa shape index (κ1) is 15.9. The van der Waals surface area contributed by atoms with Crippen molar-refractivity contribution in [2.24, 2.45) is 0 Å². The van der Waals surface area contributed by atoms with Crippen molar-refractivity contribution in [1.82, 2.24) is 4.90 Å². The van der Waals surface area contributed by atoms with E-state index in [4.69, 9.17) is 4.74 Å². The zero-order chi connectivity index (χ0) is 11.6.